The molecule has 0 radical (unpaired) electrons. The third kappa shape index (κ3) is 4.50. The smallest absolute Gasteiger partial charge is 0.271 e. The van der Waals surface area contributed by atoms with E-state index in [1.165, 1.54) is 4.90 Å². The minimum atomic E-state index is -0.665. The summed E-state index contributed by atoms with van der Waals surface area (Å²) >= 11 is 6.38. The third-order valence-corrected chi connectivity index (χ3v) is 5.96. The summed E-state index contributed by atoms with van der Waals surface area (Å²) in [6.45, 7) is 0.144. The lowest BCUT2D eigenvalue weighted by molar-refractivity contribution is -0.385. The molecule has 0 atom stereocenters. The Kier molecular flexibility index (Phi) is 5.97. The van der Waals surface area contributed by atoms with Gasteiger partial charge in [0.15, 0.2) is 11.5 Å². The molecule has 2 aromatic rings. The van der Waals surface area contributed by atoms with E-state index < -0.39 is 16.6 Å². The van der Waals surface area contributed by atoms with Crippen LogP contribution in [0.5, 0.6) is 17.2 Å². The quantitative estimate of drug-likeness (QED) is 0.291. The molecular formula is C20H14N3O7S2-. The minimum absolute atomic E-state index is 0.00189. The number of benzene rings is 2. The summed E-state index contributed by atoms with van der Waals surface area (Å²) in [5, 5.41) is 25.0. The number of amides is 2. The van der Waals surface area contributed by atoms with Gasteiger partial charge in [-0.3, -0.25) is 24.6 Å². The number of nitrogens with one attached hydrogen (secondary N) is 1. The van der Waals surface area contributed by atoms with Crippen LogP contribution in [0.25, 0.3) is 6.08 Å². The summed E-state index contributed by atoms with van der Waals surface area (Å²) in [6, 6.07) is 8.35. The Hall–Kier alpha value is -3.64. The zero-order valence-corrected chi connectivity index (χ0v) is 17.9. The van der Waals surface area contributed by atoms with Crippen LogP contribution in [0.3, 0.4) is 0 Å². The summed E-state index contributed by atoms with van der Waals surface area (Å²) < 4.78 is 10.9. The number of thioether (sulfide) groups is 1. The van der Waals surface area contributed by atoms with Crippen LogP contribution in [0.15, 0.2) is 41.3 Å². The van der Waals surface area contributed by atoms with Crippen molar-refractivity contribution < 1.29 is 29.1 Å². The highest BCUT2D eigenvalue weighted by Crippen LogP contribution is 2.36. The Morgan fingerprint density at radius 2 is 2.03 bits per heavy atom. The number of anilines is 1. The monoisotopic (exact) mass is 472 g/mol. The molecular weight excluding hydrogens is 458 g/mol. The topological polar surface area (TPSA) is 134 Å². The number of carbonyl (C=O) groups is 2. The second-order valence-corrected chi connectivity index (χ2v) is 8.36. The Morgan fingerprint density at radius 3 is 2.81 bits per heavy atom. The zero-order valence-electron chi connectivity index (χ0n) is 16.2. The molecule has 2 aromatic carbocycles. The molecule has 2 aliphatic heterocycles. The summed E-state index contributed by atoms with van der Waals surface area (Å²) in [4.78, 5) is 36.9. The van der Waals surface area contributed by atoms with Crippen LogP contribution in [-0.2, 0) is 9.59 Å². The number of carbonyl (C=O) groups excluding carboxylic acids is 2. The molecule has 32 heavy (non-hydrogen) atoms. The van der Waals surface area contributed by atoms with Crippen LogP contribution in [0, 0.1) is 10.1 Å². The van der Waals surface area contributed by atoms with Crippen LogP contribution in [0.2, 0.25) is 0 Å². The summed E-state index contributed by atoms with van der Waals surface area (Å²) in [6.07, 6.45) is 1.53. The van der Waals surface area contributed by atoms with E-state index in [4.69, 9.17) is 21.7 Å². The Bertz CT molecular complexity index is 1180. The van der Waals surface area contributed by atoms with Gasteiger partial charge < -0.3 is 19.9 Å². The number of fused-ring (bicyclic) bond motifs is 1. The van der Waals surface area contributed by atoms with Gasteiger partial charge in [0, 0.05) is 30.8 Å². The normalized spacial score (nSPS) is 16.0. The van der Waals surface area contributed by atoms with E-state index >= 15 is 0 Å². The van der Waals surface area contributed by atoms with Crippen molar-refractivity contribution in [3.8, 4) is 17.2 Å². The maximum absolute atomic E-state index is 12.7. The summed E-state index contributed by atoms with van der Waals surface area (Å²) in [5.41, 5.74) is 0.226. The van der Waals surface area contributed by atoms with Crippen molar-refractivity contribution in [2.45, 2.75) is 6.42 Å². The number of nitro groups is 1. The number of hydrogen-bond donors (Lipinski definition) is 1. The molecule has 164 valence electrons. The second kappa shape index (κ2) is 8.85. The first kappa shape index (κ1) is 21.6. The molecule has 2 aliphatic rings. The first-order chi connectivity index (χ1) is 15.3. The zero-order chi connectivity index (χ0) is 22.8. The fourth-order valence-electron chi connectivity index (χ4n) is 3.00. The van der Waals surface area contributed by atoms with Crippen molar-refractivity contribution in [2.24, 2.45) is 0 Å². The van der Waals surface area contributed by atoms with Crippen molar-refractivity contribution >= 4 is 57.6 Å². The maximum atomic E-state index is 12.7. The number of nitro benzene ring substituents is 1. The van der Waals surface area contributed by atoms with E-state index in [0.717, 1.165) is 35.5 Å². The van der Waals surface area contributed by atoms with Crippen LogP contribution < -0.4 is 19.9 Å². The number of rotatable bonds is 6. The van der Waals surface area contributed by atoms with Gasteiger partial charge in [-0.2, -0.15) is 0 Å². The molecule has 1 fully saturated rings. The lowest BCUT2D eigenvalue weighted by Crippen LogP contribution is -2.31. The average molecular weight is 472 g/mol. The third-order valence-electron chi connectivity index (χ3n) is 4.58. The summed E-state index contributed by atoms with van der Waals surface area (Å²) in [7, 11) is 0. The molecule has 1 N–H and O–H groups in total. The molecule has 2 heterocycles. The number of thiocarbonyl (C=S) groups is 1. The van der Waals surface area contributed by atoms with Gasteiger partial charge in [0.05, 0.1) is 9.83 Å². The van der Waals surface area contributed by atoms with Gasteiger partial charge in [-0.25, -0.2) is 0 Å². The highest BCUT2D eigenvalue weighted by Gasteiger charge is 2.32. The Morgan fingerprint density at radius 1 is 1.25 bits per heavy atom. The molecule has 0 spiro atoms. The molecule has 10 nitrogen and oxygen atoms in total. The molecule has 1 saturated heterocycles. The molecule has 0 aromatic heterocycles. The van der Waals surface area contributed by atoms with Gasteiger partial charge in [0.2, 0.25) is 12.7 Å². The summed E-state index contributed by atoms with van der Waals surface area (Å²) in [5.74, 6) is -0.251. The number of nitrogens with zero attached hydrogens (tertiary/aromatic N) is 2. The fourth-order valence-corrected chi connectivity index (χ4v) is 4.31. The van der Waals surface area contributed by atoms with Gasteiger partial charge in [-0.1, -0.05) is 41.9 Å². The van der Waals surface area contributed by atoms with Crippen LogP contribution in [-0.4, -0.2) is 39.3 Å². The molecule has 0 unspecified atom stereocenters. The molecule has 12 heteroatoms. The predicted molar refractivity (Wildman–Crippen MR) is 118 cm³/mol. The lowest BCUT2D eigenvalue weighted by atomic mass is 10.2. The van der Waals surface area contributed by atoms with Crippen molar-refractivity contribution in [3.63, 3.8) is 0 Å². The van der Waals surface area contributed by atoms with E-state index in [0.29, 0.717) is 20.7 Å². The van der Waals surface area contributed by atoms with Gasteiger partial charge >= 0.3 is 0 Å². The lowest BCUT2D eigenvalue weighted by Gasteiger charge is -2.16. The standard InChI is InChI=1S/C20H15N3O7S2/c24-14-3-2-12(23(27)28)9-13(14)21-18(25)5-6-22-19(26)17(32-20(22)31)8-11-1-4-15-16(7-11)30-10-29-15/h1-4,7-9,24H,5-6,10H2,(H,21,25)/p-1/b17-8-. The van der Waals surface area contributed by atoms with Crippen molar-refractivity contribution in [1.82, 2.24) is 4.90 Å². The van der Waals surface area contributed by atoms with E-state index in [1.807, 2.05) is 0 Å². The number of hydrogen-bond acceptors (Lipinski definition) is 9. The Balaban J connectivity index is 1.39. The SMILES string of the molecule is O=C(CCN1C(=O)/C(=C/c2ccc3c(c2)OCO3)SC1=S)Nc1cc([N+](=O)[O-])ccc1[O-]. The molecule has 0 aliphatic carbocycles. The largest absolute Gasteiger partial charge is 0.871 e. The van der Waals surface area contributed by atoms with Crippen molar-refractivity contribution in [1.29, 1.82) is 0 Å². The van der Waals surface area contributed by atoms with Crippen LogP contribution in [0.1, 0.15) is 12.0 Å². The Labute approximate surface area is 190 Å². The fraction of sp³-hybridized carbons (Fsp3) is 0.150. The molecule has 4 rings (SSSR count). The highest BCUT2D eigenvalue weighted by molar-refractivity contribution is 8.26. The van der Waals surface area contributed by atoms with Gasteiger partial charge in [0.25, 0.3) is 11.6 Å². The second-order valence-electron chi connectivity index (χ2n) is 6.68. The van der Waals surface area contributed by atoms with Crippen LogP contribution in [0.4, 0.5) is 11.4 Å². The van der Waals surface area contributed by atoms with Crippen molar-refractivity contribution in [3.05, 3.63) is 57.0 Å². The molecule has 0 bridgehead atoms. The average Bonchev–Trinajstić information content (AvgIpc) is 3.32. The van der Waals surface area contributed by atoms with Gasteiger partial charge in [-0.15, -0.1) is 0 Å². The maximum Gasteiger partial charge on any atom is 0.271 e. The minimum Gasteiger partial charge on any atom is -0.871 e. The first-order valence-corrected chi connectivity index (χ1v) is 10.4. The van der Waals surface area contributed by atoms with E-state index in [1.54, 1.807) is 24.3 Å². The first-order valence-electron chi connectivity index (χ1n) is 9.22. The number of ether oxygens (including phenoxy) is 2. The van der Waals surface area contributed by atoms with Crippen LogP contribution >= 0.6 is 24.0 Å². The van der Waals surface area contributed by atoms with E-state index in [9.17, 15) is 24.8 Å². The molecule has 0 saturated carbocycles. The van der Waals surface area contributed by atoms with Gasteiger partial charge in [0.1, 0.15) is 4.32 Å². The van der Waals surface area contributed by atoms with Crippen molar-refractivity contribution in [2.75, 3.05) is 18.7 Å². The van der Waals surface area contributed by atoms with E-state index in [-0.39, 0.29) is 37.0 Å². The van der Waals surface area contributed by atoms with Gasteiger partial charge in [-0.05, 0) is 23.8 Å². The number of non-ortho nitro benzene ring substituents is 1. The highest BCUT2D eigenvalue weighted by atomic mass is 32.2. The predicted octanol–water partition coefficient (Wildman–Crippen LogP) is 2.63. The molecule has 2 amide bonds. The van der Waals surface area contributed by atoms with E-state index in [2.05, 4.69) is 5.32 Å².